The average Bonchev–Trinajstić information content (AvgIpc) is 2.31. The van der Waals surface area contributed by atoms with E-state index in [1.165, 1.54) is 0 Å². The van der Waals surface area contributed by atoms with Gasteiger partial charge in [-0.2, -0.15) is 13.2 Å². The third kappa shape index (κ3) is 3.35. The Hall–Kier alpha value is -1.01. The first-order valence-corrected chi connectivity index (χ1v) is 7.00. The van der Waals surface area contributed by atoms with E-state index in [1.54, 1.807) is 0 Å². The second kappa shape index (κ2) is 6.18. The molecule has 0 aromatic carbocycles. The van der Waals surface area contributed by atoms with Crippen LogP contribution in [0, 0.1) is 0 Å². The van der Waals surface area contributed by atoms with Crippen LogP contribution >= 0.6 is 11.6 Å². The zero-order valence-corrected chi connectivity index (χ0v) is 11.7. The first-order chi connectivity index (χ1) is 9.43. The lowest BCUT2D eigenvalue weighted by Gasteiger charge is -2.39. The van der Waals surface area contributed by atoms with Crippen LogP contribution in [0.25, 0.3) is 0 Å². The lowest BCUT2D eigenvalue weighted by atomic mass is 9.91. The SMILES string of the molecule is NCCCN(c1ncc(C(F)(F)F)cc1Cl)C1CCC1. The zero-order chi connectivity index (χ0) is 14.8. The third-order valence-electron chi connectivity index (χ3n) is 3.54. The molecular formula is C13H17ClF3N3. The Morgan fingerprint density at radius 2 is 2.10 bits per heavy atom. The zero-order valence-electron chi connectivity index (χ0n) is 11.0. The largest absolute Gasteiger partial charge is 0.417 e. The van der Waals surface area contributed by atoms with Gasteiger partial charge in [-0.15, -0.1) is 0 Å². The lowest BCUT2D eigenvalue weighted by molar-refractivity contribution is -0.137. The van der Waals surface area contributed by atoms with Crippen molar-refractivity contribution in [1.29, 1.82) is 0 Å². The minimum atomic E-state index is -4.42. The second-order valence-electron chi connectivity index (χ2n) is 4.95. The smallest absolute Gasteiger partial charge is 0.352 e. The molecule has 0 radical (unpaired) electrons. The van der Waals surface area contributed by atoms with E-state index in [1.807, 2.05) is 4.90 Å². The number of halogens is 4. The molecule has 20 heavy (non-hydrogen) atoms. The summed E-state index contributed by atoms with van der Waals surface area (Å²) < 4.78 is 37.8. The normalized spacial score (nSPS) is 16.1. The first-order valence-electron chi connectivity index (χ1n) is 6.63. The van der Waals surface area contributed by atoms with Gasteiger partial charge in [0.1, 0.15) is 5.82 Å². The summed E-state index contributed by atoms with van der Waals surface area (Å²) in [5.74, 6) is 0.429. The molecule has 1 aliphatic carbocycles. The number of anilines is 1. The molecule has 1 aromatic rings. The highest BCUT2D eigenvalue weighted by atomic mass is 35.5. The lowest BCUT2D eigenvalue weighted by Crippen LogP contribution is -2.42. The number of hydrogen-bond acceptors (Lipinski definition) is 3. The fourth-order valence-corrected chi connectivity index (χ4v) is 2.49. The van der Waals surface area contributed by atoms with Crippen LogP contribution in [0.1, 0.15) is 31.2 Å². The maximum absolute atomic E-state index is 12.6. The van der Waals surface area contributed by atoms with Gasteiger partial charge in [0, 0.05) is 18.8 Å². The molecule has 3 nitrogen and oxygen atoms in total. The van der Waals surface area contributed by atoms with Crippen molar-refractivity contribution in [1.82, 2.24) is 4.98 Å². The Morgan fingerprint density at radius 3 is 2.55 bits per heavy atom. The first kappa shape index (κ1) is 15.4. The van der Waals surface area contributed by atoms with Gasteiger partial charge in [-0.3, -0.25) is 0 Å². The maximum atomic E-state index is 12.6. The Bertz CT molecular complexity index is 461. The van der Waals surface area contributed by atoms with Crippen molar-refractivity contribution in [3.8, 4) is 0 Å². The Labute approximate surface area is 120 Å². The van der Waals surface area contributed by atoms with Gasteiger partial charge in [0.15, 0.2) is 0 Å². The number of hydrogen-bond donors (Lipinski definition) is 1. The van der Waals surface area contributed by atoms with Crippen molar-refractivity contribution in [2.24, 2.45) is 5.73 Å². The summed E-state index contributed by atoms with van der Waals surface area (Å²) in [4.78, 5) is 5.92. The summed E-state index contributed by atoms with van der Waals surface area (Å²) >= 11 is 6.00. The molecule has 0 bridgehead atoms. The fraction of sp³-hybridized carbons (Fsp3) is 0.615. The van der Waals surface area contributed by atoms with Crippen LogP contribution < -0.4 is 10.6 Å². The van der Waals surface area contributed by atoms with E-state index in [0.29, 0.717) is 24.9 Å². The highest BCUT2D eigenvalue weighted by Gasteiger charge is 2.33. The second-order valence-corrected chi connectivity index (χ2v) is 5.35. The number of alkyl halides is 3. The van der Waals surface area contributed by atoms with Crippen molar-refractivity contribution < 1.29 is 13.2 Å². The van der Waals surface area contributed by atoms with Gasteiger partial charge in [-0.1, -0.05) is 11.6 Å². The molecule has 2 N–H and O–H groups in total. The molecule has 2 rings (SSSR count). The van der Waals surface area contributed by atoms with Crippen molar-refractivity contribution in [2.75, 3.05) is 18.0 Å². The molecule has 1 aliphatic rings. The van der Waals surface area contributed by atoms with E-state index < -0.39 is 11.7 Å². The summed E-state index contributed by atoms with van der Waals surface area (Å²) in [7, 11) is 0. The van der Waals surface area contributed by atoms with Crippen molar-refractivity contribution in [2.45, 2.75) is 37.9 Å². The molecule has 7 heteroatoms. The molecule has 0 saturated heterocycles. The standard InChI is InChI=1S/C13H17ClF3N3/c14-11-7-9(13(15,16)17)8-19-12(11)20(6-2-5-18)10-3-1-4-10/h7-8,10H,1-6,18H2. The minimum absolute atomic E-state index is 0.0451. The summed E-state index contributed by atoms with van der Waals surface area (Å²) in [6.45, 7) is 1.20. The van der Waals surface area contributed by atoms with Crippen molar-refractivity contribution in [3.05, 3.63) is 22.8 Å². The van der Waals surface area contributed by atoms with Gasteiger partial charge in [0.2, 0.25) is 0 Å². The molecule has 0 spiro atoms. The van der Waals surface area contributed by atoms with Crippen LogP contribution in [0.5, 0.6) is 0 Å². The van der Waals surface area contributed by atoms with Crippen LogP contribution in [0.3, 0.4) is 0 Å². The van der Waals surface area contributed by atoms with E-state index in [9.17, 15) is 13.2 Å². The highest BCUT2D eigenvalue weighted by molar-refractivity contribution is 6.33. The van der Waals surface area contributed by atoms with Gasteiger partial charge >= 0.3 is 6.18 Å². The molecule has 1 heterocycles. The van der Waals surface area contributed by atoms with E-state index in [2.05, 4.69) is 4.98 Å². The van der Waals surface area contributed by atoms with E-state index in [0.717, 1.165) is 37.9 Å². The maximum Gasteiger partial charge on any atom is 0.417 e. The molecule has 112 valence electrons. The van der Waals surface area contributed by atoms with Gasteiger partial charge in [0.25, 0.3) is 0 Å². The molecular weight excluding hydrogens is 291 g/mol. The molecule has 1 aromatic heterocycles. The molecule has 1 fully saturated rings. The van der Waals surface area contributed by atoms with Crippen molar-refractivity contribution >= 4 is 17.4 Å². The number of pyridine rings is 1. The summed E-state index contributed by atoms with van der Waals surface area (Å²) in [6, 6.07) is 1.25. The molecule has 0 atom stereocenters. The molecule has 0 amide bonds. The quantitative estimate of drug-likeness (QED) is 0.906. The van der Waals surface area contributed by atoms with Crippen LogP contribution in [-0.2, 0) is 6.18 Å². The Balaban J connectivity index is 2.24. The van der Waals surface area contributed by atoms with Gasteiger partial charge in [0.05, 0.1) is 10.6 Å². The predicted octanol–water partition coefficient (Wildman–Crippen LogP) is 3.46. The van der Waals surface area contributed by atoms with Gasteiger partial charge < -0.3 is 10.6 Å². The fourth-order valence-electron chi connectivity index (χ4n) is 2.22. The molecule has 1 saturated carbocycles. The van der Waals surface area contributed by atoms with Crippen LogP contribution in [0.15, 0.2) is 12.3 Å². The van der Waals surface area contributed by atoms with Crippen LogP contribution in [0.4, 0.5) is 19.0 Å². The third-order valence-corrected chi connectivity index (χ3v) is 3.82. The van der Waals surface area contributed by atoms with Crippen LogP contribution in [-0.4, -0.2) is 24.1 Å². The number of nitrogens with zero attached hydrogens (tertiary/aromatic N) is 2. The predicted molar refractivity (Wildman–Crippen MR) is 72.9 cm³/mol. The monoisotopic (exact) mass is 307 g/mol. The summed E-state index contributed by atoms with van der Waals surface area (Å²) in [5, 5.41) is 0.0451. The Morgan fingerprint density at radius 1 is 1.40 bits per heavy atom. The highest BCUT2D eigenvalue weighted by Crippen LogP contribution is 2.36. The van der Waals surface area contributed by atoms with E-state index >= 15 is 0 Å². The van der Waals surface area contributed by atoms with E-state index in [4.69, 9.17) is 17.3 Å². The molecule has 0 aliphatic heterocycles. The number of nitrogens with two attached hydrogens (primary N) is 1. The Kier molecular flexibility index (Phi) is 4.75. The van der Waals surface area contributed by atoms with Crippen molar-refractivity contribution in [3.63, 3.8) is 0 Å². The molecule has 0 unspecified atom stereocenters. The van der Waals surface area contributed by atoms with E-state index in [-0.39, 0.29) is 5.02 Å². The topological polar surface area (TPSA) is 42.1 Å². The van der Waals surface area contributed by atoms with Crippen LogP contribution in [0.2, 0.25) is 5.02 Å². The number of aromatic nitrogens is 1. The number of rotatable bonds is 5. The van der Waals surface area contributed by atoms with Gasteiger partial charge in [-0.05, 0) is 38.3 Å². The summed E-state index contributed by atoms with van der Waals surface area (Å²) in [6.07, 6.45) is 0.341. The minimum Gasteiger partial charge on any atom is -0.352 e. The van der Waals surface area contributed by atoms with Gasteiger partial charge in [-0.25, -0.2) is 4.98 Å². The average molecular weight is 308 g/mol. The summed E-state index contributed by atoms with van der Waals surface area (Å²) in [5.41, 5.74) is 4.68.